The van der Waals surface area contributed by atoms with Crippen molar-refractivity contribution in [1.29, 1.82) is 0 Å². The Morgan fingerprint density at radius 3 is 2.86 bits per heavy atom. The summed E-state index contributed by atoms with van der Waals surface area (Å²) in [5.41, 5.74) is 0.717. The van der Waals surface area contributed by atoms with Crippen molar-refractivity contribution in [2.45, 2.75) is 32.2 Å². The predicted molar refractivity (Wildman–Crippen MR) is 83.8 cm³/mol. The molecule has 0 aliphatic carbocycles. The SMILES string of the molecule is CCCNC(CC1CCS(=O)(=O)C1)c1cc(F)ccc1Cl. The van der Waals surface area contributed by atoms with E-state index < -0.39 is 9.84 Å². The van der Waals surface area contributed by atoms with Gasteiger partial charge < -0.3 is 5.32 Å². The molecule has 0 saturated carbocycles. The minimum absolute atomic E-state index is 0.105. The van der Waals surface area contributed by atoms with E-state index >= 15 is 0 Å². The fraction of sp³-hybridized carbons (Fsp3) is 0.600. The molecule has 0 spiro atoms. The highest BCUT2D eigenvalue weighted by Crippen LogP contribution is 2.32. The lowest BCUT2D eigenvalue weighted by atomic mass is 9.94. The van der Waals surface area contributed by atoms with Gasteiger partial charge in [-0.1, -0.05) is 18.5 Å². The predicted octanol–water partition coefficient (Wildman–Crippen LogP) is 3.34. The van der Waals surface area contributed by atoms with Crippen molar-refractivity contribution in [3.05, 3.63) is 34.6 Å². The van der Waals surface area contributed by atoms with E-state index in [0.29, 0.717) is 17.9 Å². The van der Waals surface area contributed by atoms with Crippen LogP contribution in [0, 0.1) is 11.7 Å². The third-order valence-electron chi connectivity index (χ3n) is 3.87. The van der Waals surface area contributed by atoms with Gasteiger partial charge in [0.1, 0.15) is 5.82 Å². The maximum Gasteiger partial charge on any atom is 0.150 e. The lowest BCUT2D eigenvalue weighted by Crippen LogP contribution is -2.25. The summed E-state index contributed by atoms with van der Waals surface area (Å²) in [4.78, 5) is 0. The second kappa shape index (κ2) is 7.07. The molecule has 1 aromatic rings. The molecule has 2 unspecified atom stereocenters. The van der Waals surface area contributed by atoms with Crippen LogP contribution in [-0.4, -0.2) is 26.5 Å². The third kappa shape index (κ3) is 4.66. The molecule has 3 nitrogen and oxygen atoms in total. The Balaban J connectivity index is 2.16. The van der Waals surface area contributed by atoms with Crippen LogP contribution >= 0.6 is 11.6 Å². The van der Waals surface area contributed by atoms with E-state index in [4.69, 9.17) is 11.6 Å². The van der Waals surface area contributed by atoms with Crippen molar-refractivity contribution >= 4 is 21.4 Å². The number of hydrogen-bond acceptors (Lipinski definition) is 3. The van der Waals surface area contributed by atoms with Crippen LogP contribution in [-0.2, 0) is 9.84 Å². The molecule has 1 aliphatic rings. The number of sulfone groups is 1. The second-order valence-electron chi connectivity index (χ2n) is 5.68. The molecule has 118 valence electrons. The van der Waals surface area contributed by atoms with E-state index in [1.54, 1.807) is 6.07 Å². The van der Waals surface area contributed by atoms with E-state index in [-0.39, 0.29) is 29.3 Å². The Morgan fingerprint density at radius 2 is 2.24 bits per heavy atom. The van der Waals surface area contributed by atoms with Crippen LogP contribution in [0.3, 0.4) is 0 Å². The molecular formula is C15H21ClFNO2S. The number of hydrogen-bond donors (Lipinski definition) is 1. The van der Waals surface area contributed by atoms with Gasteiger partial charge in [0.05, 0.1) is 11.5 Å². The summed E-state index contributed by atoms with van der Waals surface area (Å²) in [6, 6.07) is 4.23. The molecular weight excluding hydrogens is 313 g/mol. The standard InChI is InChI=1S/C15H21ClFNO2S/c1-2-6-18-15(8-11-5-7-21(19,20)10-11)13-9-12(17)3-4-14(13)16/h3-4,9,11,15,18H,2,5-8,10H2,1H3. The zero-order valence-electron chi connectivity index (χ0n) is 12.1. The minimum Gasteiger partial charge on any atom is -0.310 e. The number of rotatable bonds is 6. The summed E-state index contributed by atoms with van der Waals surface area (Å²) in [5, 5.41) is 3.88. The molecule has 0 bridgehead atoms. The topological polar surface area (TPSA) is 46.2 Å². The number of nitrogens with one attached hydrogen (secondary N) is 1. The number of benzene rings is 1. The van der Waals surface area contributed by atoms with Crippen LogP contribution in [0.5, 0.6) is 0 Å². The Hall–Kier alpha value is -0.650. The molecule has 1 saturated heterocycles. The maximum absolute atomic E-state index is 13.5. The largest absolute Gasteiger partial charge is 0.310 e. The van der Waals surface area contributed by atoms with E-state index in [2.05, 4.69) is 12.2 Å². The highest BCUT2D eigenvalue weighted by Gasteiger charge is 2.30. The normalized spacial score (nSPS) is 22.3. The summed E-state index contributed by atoms with van der Waals surface area (Å²) >= 11 is 6.19. The molecule has 1 fully saturated rings. The maximum atomic E-state index is 13.5. The third-order valence-corrected chi connectivity index (χ3v) is 6.05. The first kappa shape index (κ1) is 16.7. The zero-order valence-corrected chi connectivity index (χ0v) is 13.7. The van der Waals surface area contributed by atoms with E-state index in [1.807, 2.05) is 0 Å². The van der Waals surface area contributed by atoms with Crippen molar-refractivity contribution in [1.82, 2.24) is 5.32 Å². The molecule has 0 aromatic heterocycles. The van der Waals surface area contributed by atoms with Crippen LogP contribution in [0.15, 0.2) is 18.2 Å². The highest BCUT2D eigenvalue weighted by atomic mass is 35.5. The second-order valence-corrected chi connectivity index (χ2v) is 8.31. The molecule has 6 heteroatoms. The zero-order chi connectivity index (χ0) is 15.5. The van der Waals surface area contributed by atoms with Crippen molar-refractivity contribution in [2.75, 3.05) is 18.1 Å². The summed E-state index contributed by atoms with van der Waals surface area (Å²) in [6.07, 6.45) is 2.30. The molecule has 1 N–H and O–H groups in total. The molecule has 2 atom stereocenters. The lowest BCUT2D eigenvalue weighted by molar-refractivity contribution is 0.413. The molecule has 0 amide bonds. The molecule has 21 heavy (non-hydrogen) atoms. The van der Waals surface area contributed by atoms with Gasteiger partial charge in [-0.25, -0.2) is 12.8 Å². The van der Waals surface area contributed by atoms with Crippen molar-refractivity contribution in [3.63, 3.8) is 0 Å². The fourth-order valence-corrected chi connectivity index (χ4v) is 4.94. The van der Waals surface area contributed by atoms with E-state index in [9.17, 15) is 12.8 Å². The molecule has 1 aromatic carbocycles. The van der Waals surface area contributed by atoms with Crippen LogP contribution in [0.1, 0.15) is 37.8 Å². The summed E-state index contributed by atoms with van der Waals surface area (Å²) in [6.45, 7) is 2.84. The van der Waals surface area contributed by atoms with Crippen LogP contribution in [0.2, 0.25) is 5.02 Å². The first-order valence-corrected chi connectivity index (χ1v) is 9.50. The summed E-state index contributed by atoms with van der Waals surface area (Å²) in [5.74, 6) is 0.277. The van der Waals surface area contributed by atoms with Gasteiger partial charge >= 0.3 is 0 Å². The Kier molecular flexibility index (Phi) is 5.63. The molecule has 2 rings (SSSR count). The van der Waals surface area contributed by atoms with Gasteiger partial charge in [-0.15, -0.1) is 0 Å². The average Bonchev–Trinajstić information content (AvgIpc) is 2.77. The van der Waals surface area contributed by atoms with E-state index in [1.165, 1.54) is 12.1 Å². The monoisotopic (exact) mass is 333 g/mol. The quantitative estimate of drug-likeness (QED) is 0.868. The van der Waals surface area contributed by atoms with E-state index in [0.717, 1.165) is 18.5 Å². The van der Waals surface area contributed by atoms with Crippen LogP contribution in [0.25, 0.3) is 0 Å². The van der Waals surface area contributed by atoms with Gasteiger partial charge in [0.15, 0.2) is 9.84 Å². The van der Waals surface area contributed by atoms with Gasteiger partial charge in [0, 0.05) is 11.1 Å². The van der Waals surface area contributed by atoms with Crippen LogP contribution < -0.4 is 5.32 Å². The van der Waals surface area contributed by atoms with Crippen LogP contribution in [0.4, 0.5) is 4.39 Å². The first-order chi connectivity index (χ1) is 9.91. The average molecular weight is 334 g/mol. The summed E-state index contributed by atoms with van der Waals surface area (Å²) in [7, 11) is -2.90. The Labute approximate surface area is 130 Å². The minimum atomic E-state index is -2.90. The van der Waals surface area contributed by atoms with Crippen molar-refractivity contribution in [2.24, 2.45) is 5.92 Å². The number of halogens is 2. The summed E-state index contributed by atoms with van der Waals surface area (Å²) < 4.78 is 36.7. The van der Waals surface area contributed by atoms with Crippen molar-refractivity contribution < 1.29 is 12.8 Å². The molecule has 0 radical (unpaired) electrons. The van der Waals surface area contributed by atoms with Gasteiger partial charge in [-0.05, 0) is 55.5 Å². The Bertz CT molecular complexity index is 591. The first-order valence-electron chi connectivity index (χ1n) is 7.30. The highest BCUT2D eigenvalue weighted by molar-refractivity contribution is 7.91. The lowest BCUT2D eigenvalue weighted by Gasteiger charge is -2.23. The van der Waals surface area contributed by atoms with Gasteiger partial charge in [0.2, 0.25) is 0 Å². The van der Waals surface area contributed by atoms with Gasteiger partial charge in [-0.3, -0.25) is 0 Å². The molecule has 1 heterocycles. The fourth-order valence-electron chi connectivity index (χ4n) is 2.81. The van der Waals surface area contributed by atoms with Gasteiger partial charge in [-0.2, -0.15) is 0 Å². The molecule has 1 aliphatic heterocycles. The Morgan fingerprint density at radius 1 is 1.48 bits per heavy atom. The van der Waals surface area contributed by atoms with Crippen molar-refractivity contribution in [3.8, 4) is 0 Å². The van der Waals surface area contributed by atoms with Gasteiger partial charge in [0.25, 0.3) is 0 Å². The smallest absolute Gasteiger partial charge is 0.150 e.